The number of benzene rings is 4. The van der Waals surface area contributed by atoms with E-state index >= 15 is 4.79 Å². The van der Waals surface area contributed by atoms with Gasteiger partial charge < -0.3 is 34.1 Å². The summed E-state index contributed by atoms with van der Waals surface area (Å²) in [7, 11) is 1.71. The van der Waals surface area contributed by atoms with Crippen LogP contribution in [0, 0.1) is 0 Å². The largest absolute Gasteiger partial charge is 0.504 e. The normalized spacial score (nSPS) is 17.0. The zero-order chi connectivity index (χ0) is 36.4. The lowest BCUT2D eigenvalue weighted by atomic mass is 9.98. The molecule has 1 heterocycles. The second-order valence-electron chi connectivity index (χ2n) is 14.1. The SMILES string of the molecule is COc1cc(CN2C(=O)N(Cc3ccc(O)c(OC)c3)N(Cc3ccccc3)C[C@@H](OCOCC[Si](C)(C)C)[C@H]2Cc2ccccc2)ccc1O. The number of carbonyl (C=O) groups excluding carboxylic acids is 1. The predicted octanol–water partition coefficient (Wildman–Crippen LogP) is 7.28. The summed E-state index contributed by atoms with van der Waals surface area (Å²) in [5.74, 6) is 0.712. The van der Waals surface area contributed by atoms with Crippen LogP contribution in [0.5, 0.6) is 23.0 Å². The summed E-state index contributed by atoms with van der Waals surface area (Å²) in [6, 6.07) is 30.9. The van der Waals surface area contributed by atoms with E-state index in [1.807, 2.05) is 47.4 Å². The van der Waals surface area contributed by atoms with Crippen molar-refractivity contribution in [2.75, 3.05) is 34.2 Å². The highest BCUT2D eigenvalue weighted by Gasteiger charge is 2.41. The highest BCUT2D eigenvalue weighted by Crippen LogP contribution is 2.32. The van der Waals surface area contributed by atoms with E-state index in [2.05, 4.69) is 48.9 Å². The van der Waals surface area contributed by atoms with Crippen LogP contribution in [-0.4, -0.2) is 85.5 Å². The van der Waals surface area contributed by atoms with Crippen LogP contribution in [0.15, 0.2) is 97.1 Å². The molecular weight excluding hydrogens is 663 g/mol. The maximum Gasteiger partial charge on any atom is 0.335 e. The quantitative estimate of drug-likeness (QED) is 0.0710. The number of nitrogens with zero attached hydrogens (tertiary/aromatic N) is 3. The molecule has 10 nitrogen and oxygen atoms in total. The maximum absolute atomic E-state index is 15.2. The molecule has 2 N–H and O–H groups in total. The van der Waals surface area contributed by atoms with Crippen molar-refractivity contribution in [1.82, 2.24) is 14.9 Å². The first-order chi connectivity index (χ1) is 24.5. The Labute approximate surface area is 302 Å². The Kier molecular flexibility index (Phi) is 13.0. The van der Waals surface area contributed by atoms with E-state index in [0.717, 1.165) is 28.3 Å². The lowest BCUT2D eigenvalue weighted by Gasteiger charge is -2.36. The van der Waals surface area contributed by atoms with Crippen molar-refractivity contribution in [3.63, 3.8) is 0 Å². The molecule has 4 aromatic rings. The molecule has 1 saturated heterocycles. The summed E-state index contributed by atoms with van der Waals surface area (Å²) in [6.07, 6.45) is 0.102. The first-order valence-electron chi connectivity index (χ1n) is 17.4. The second kappa shape index (κ2) is 17.6. The van der Waals surface area contributed by atoms with Crippen molar-refractivity contribution in [2.24, 2.45) is 0 Å². The number of rotatable bonds is 16. The van der Waals surface area contributed by atoms with E-state index < -0.39 is 20.2 Å². The van der Waals surface area contributed by atoms with Gasteiger partial charge >= 0.3 is 6.03 Å². The Hall–Kier alpha value is -4.55. The number of methoxy groups -OCH3 is 2. The molecule has 0 aliphatic carbocycles. The zero-order valence-electron chi connectivity index (χ0n) is 30.3. The maximum atomic E-state index is 15.2. The third-order valence-electron chi connectivity index (χ3n) is 9.06. The summed E-state index contributed by atoms with van der Waals surface area (Å²) in [4.78, 5) is 17.1. The van der Waals surface area contributed by atoms with Gasteiger partial charge in [-0.05, 0) is 59.0 Å². The van der Waals surface area contributed by atoms with Gasteiger partial charge in [-0.1, -0.05) is 92.4 Å². The van der Waals surface area contributed by atoms with Crippen LogP contribution >= 0.6 is 0 Å². The molecular formula is C40H51N3O7Si. The van der Waals surface area contributed by atoms with Gasteiger partial charge in [-0.3, -0.25) is 5.01 Å². The molecule has 4 aromatic carbocycles. The van der Waals surface area contributed by atoms with Gasteiger partial charge in [-0.2, -0.15) is 0 Å². The van der Waals surface area contributed by atoms with Gasteiger partial charge in [0.2, 0.25) is 0 Å². The van der Waals surface area contributed by atoms with Crippen LogP contribution in [0.1, 0.15) is 22.3 Å². The molecule has 1 aliphatic heterocycles. The number of hydrogen-bond acceptors (Lipinski definition) is 8. The van der Waals surface area contributed by atoms with Gasteiger partial charge in [0, 0.05) is 34.3 Å². The Morgan fingerprint density at radius 2 is 1.29 bits per heavy atom. The average molecular weight is 714 g/mol. The molecule has 272 valence electrons. The molecule has 51 heavy (non-hydrogen) atoms. The van der Waals surface area contributed by atoms with E-state index in [4.69, 9.17) is 18.9 Å². The number of amides is 2. The molecule has 0 unspecified atom stereocenters. The van der Waals surface area contributed by atoms with E-state index in [1.54, 1.807) is 35.3 Å². The number of phenols is 2. The highest BCUT2D eigenvalue weighted by molar-refractivity contribution is 6.76. The van der Waals surface area contributed by atoms with Crippen molar-refractivity contribution in [3.05, 3.63) is 119 Å². The summed E-state index contributed by atoms with van der Waals surface area (Å²) in [5.41, 5.74) is 3.70. The summed E-state index contributed by atoms with van der Waals surface area (Å²) < 4.78 is 23.6. The molecule has 1 fully saturated rings. The number of hydrazine groups is 1. The lowest BCUT2D eigenvalue weighted by molar-refractivity contribution is -0.118. The van der Waals surface area contributed by atoms with Gasteiger partial charge in [-0.15, -0.1) is 0 Å². The van der Waals surface area contributed by atoms with Crippen LogP contribution in [0.3, 0.4) is 0 Å². The van der Waals surface area contributed by atoms with Crippen molar-refractivity contribution < 1.29 is 34.0 Å². The van der Waals surface area contributed by atoms with Gasteiger partial charge in [0.1, 0.15) is 6.79 Å². The summed E-state index contributed by atoms with van der Waals surface area (Å²) >= 11 is 0. The highest BCUT2D eigenvalue weighted by atomic mass is 28.3. The van der Waals surface area contributed by atoms with Gasteiger partial charge in [-0.25, -0.2) is 9.80 Å². The number of carbonyl (C=O) groups is 1. The first-order valence-corrected chi connectivity index (χ1v) is 21.1. The molecule has 1 aliphatic rings. The molecule has 2 amide bonds. The molecule has 0 aromatic heterocycles. The zero-order valence-corrected chi connectivity index (χ0v) is 31.3. The van der Waals surface area contributed by atoms with E-state index in [-0.39, 0.29) is 37.4 Å². The number of ether oxygens (including phenoxy) is 4. The number of aromatic hydroxyl groups is 2. The monoisotopic (exact) mass is 713 g/mol. The fourth-order valence-corrected chi connectivity index (χ4v) is 6.94. The minimum atomic E-state index is -1.31. The minimum absolute atomic E-state index is 0.0258. The Balaban J connectivity index is 1.59. The number of urea groups is 1. The van der Waals surface area contributed by atoms with E-state index in [1.165, 1.54) is 14.2 Å². The Morgan fingerprint density at radius 3 is 1.86 bits per heavy atom. The molecule has 0 saturated carbocycles. The van der Waals surface area contributed by atoms with Crippen LogP contribution < -0.4 is 9.47 Å². The van der Waals surface area contributed by atoms with Crippen LogP contribution in [0.2, 0.25) is 25.7 Å². The van der Waals surface area contributed by atoms with Gasteiger partial charge in [0.25, 0.3) is 0 Å². The van der Waals surface area contributed by atoms with Crippen LogP contribution in [-0.2, 0) is 35.5 Å². The van der Waals surface area contributed by atoms with E-state index in [9.17, 15) is 10.2 Å². The second-order valence-corrected chi connectivity index (χ2v) is 19.7. The summed E-state index contributed by atoms with van der Waals surface area (Å²) in [5, 5.41) is 24.6. The first kappa shape index (κ1) is 37.7. The number of phenolic OH excluding ortho intramolecular Hbond substituents is 2. The van der Waals surface area contributed by atoms with Gasteiger partial charge in [0.15, 0.2) is 23.0 Å². The Morgan fingerprint density at radius 1 is 0.725 bits per heavy atom. The lowest BCUT2D eigenvalue weighted by Crippen LogP contribution is -2.51. The van der Waals surface area contributed by atoms with Crippen LogP contribution in [0.25, 0.3) is 0 Å². The molecule has 2 atom stereocenters. The Bertz CT molecular complexity index is 1700. The molecule has 0 bridgehead atoms. The topological polar surface area (TPSA) is 104 Å². The molecule has 11 heteroatoms. The molecule has 5 rings (SSSR count). The van der Waals surface area contributed by atoms with Gasteiger partial charge in [0.05, 0.1) is 32.9 Å². The van der Waals surface area contributed by atoms with Crippen molar-refractivity contribution in [3.8, 4) is 23.0 Å². The van der Waals surface area contributed by atoms with Crippen molar-refractivity contribution >= 4 is 14.1 Å². The summed E-state index contributed by atoms with van der Waals surface area (Å²) in [6.45, 7) is 8.98. The van der Waals surface area contributed by atoms with Crippen LogP contribution in [0.4, 0.5) is 4.79 Å². The molecule has 0 radical (unpaired) electrons. The predicted molar refractivity (Wildman–Crippen MR) is 200 cm³/mol. The average Bonchev–Trinajstić information content (AvgIpc) is 3.20. The third kappa shape index (κ3) is 10.5. The third-order valence-corrected chi connectivity index (χ3v) is 10.8. The number of hydrogen-bond donors (Lipinski definition) is 2. The fraction of sp³-hybridized carbons (Fsp3) is 0.375. The fourth-order valence-electron chi connectivity index (χ4n) is 6.18. The smallest absolute Gasteiger partial charge is 0.335 e. The van der Waals surface area contributed by atoms with Crippen molar-refractivity contribution in [2.45, 2.75) is 63.9 Å². The minimum Gasteiger partial charge on any atom is -0.504 e. The van der Waals surface area contributed by atoms with E-state index in [0.29, 0.717) is 37.6 Å². The van der Waals surface area contributed by atoms with Crippen molar-refractivity contribution in [1.29, 1.82) is 0 Å². The molecule has 0 spiro atoms. The standard InChI is InChI=1S/C40H51N3O7Si/c1-47-37-23-32(16-18-35(37)44)26-42-34(22-30-12-8-6-9-13-30)39(50-29-49-20-21-51(3,4)5)28-41(25-31-14-10-7-11-15-31)43(40(42)46)27-33-17-19-36(45)38(24-33)48-2/h6-19,23-24,34,39,44-45H,20-22,25-29H2,1-5H3/t34-,39-/m1/s1.